The Labute approximate surface area is 184 Å². The molecule has 170 valence electrons. The normalized spacial score (nSPS) is 35.3. The van der Waals surface area contributed by atoms with Crippen LogP contribution in [0.3, 0.4) is 0 Å². The highest BCUT2D eigenvalue weighted by Gasteiger charge is 2.52. The molecule has 2 aromatic rings. The zero-order valence-electron chi connectivity index (χ0n) is 17.7. The van der Waals surface area contributed by atoms with Gasteiger partial charge in [-0.05, 0) is 61.8 Å². The minimum Gasteiger partial charge on any atom is -0.363 e. The molecular formula is C24H27F3N4O. The summed E-state index contributed by atoms with van der Waals surface area (Å²) in [6.45, 7) is 0. The van der Waals surface area contributed by atoms with Gasteiger partial charge in [0.2, 0.25) is 0 Å². The summed E-state index contributed by atoms with van der Waals surface area (Å²) in [6, 6.07) is 8.31. The lowest BCUT2D eigenvalue weighted by molar-refractivity contribution is -0.173. The molecule has 5 nitrogen and oxygen atoms in total. The van der Waals surface area contributed by atoms with E-state index in [0.29, 0.717) is 17.8 Å². The third-order valence-corrected chi connectivity index (χ3v) is 8.04. The Kier molecular flexibility index (Phi) is 4.40. The first-order valence-corrected chi connectivity index (χ1v) is 11.6. The highest BCUT2D eigenvalue weighted by atomic mass is 19.4. The zero-order chi connectivity index (χ0) is 22.1. The Morgan fingerprint density at radius 3 is 2.25 bits per heavy atom. The molecule has 5 aliphatic rings. The van der Waals surface area contributed by atoms with Crippen LogP contribution >= 0.6 is 0 Å². The Morgan fingerprint density at radius 1 is 1.03 bits per heavy atom. The van der Waals surface area contributed by atoms with Gasteiger partial charge in [-0.2, -0.15) is 18.3 Å². The monoisotopic (exact) mass is 444 g/mol. The highest BCUT2D eigenvalue weighted by Crippen LogP contribution is 2.55. The second kappa shape index (κ2) is 6.99. The number of nitrogens with zero attached hydrogens (tertiary/aromatic N) is 2. The van der Waals surface area contributed by atoms with Crippen molar-refractivity contribution in [2.75, 3.05) is 5.32 Å². The summed E-state index contributed by atoms with van der Waals surface area (Å²) in [7, 11) is 0. The van der Waals surface area contributed by atoms with E-state index >= 15 is 0 Å². The Morgan fingerprint density at radius 2 is 1.66 bits per heavy atom. The van der Waals surface area contributed by atoms with Crippen LogP contribution in [0, 0.1) is 17.8 Å². The number of aromatic nitrogens is 2. The molecule has 8 heteroatoms. The van der Waals surface area contributed by atoms with Gasteiger partial charge in [0.05, 0.1) is 6.04 Å². The second-order valence-corrected chi connectivity index (χ2v) is 10.4. The summed E-state index contributed by atoms with van der Waals surface area (Å²) >= 11 is 0. The van der Waals surface area contributed by atoms with E-state index < -0.39 is 18.3 Å². The summed E-state index contributed by atoms with van der Waals surface area (Å²) in [5.41, 5.74) is 0.638. The van der Waals surface area contributed by atoms with Crippen LogP contribution < -0.4 is 10.6 Å². The average Bonchev–Trinajstić information content (AvgIpc) is 3.16. The summed E-state index contributed by atoms with van der Waals surface area (Å²) in [5.74, 6) is 1.88. The summed E-state index contributed by atoms with van der Waals surface area (Å²) in [5, 5.41) is 10.5. The van der Waals surface area contributed by atoms with E-state index in [1.165, 1.54) is 25.3 Å². The van der Waals surface area contributed by atoms with Crippen LogP contribution in [-0.2, 0) is 0 Å². The Hall–Kier alpha value is -2.51. The van der Waals surface area contributed by atoms with Gasteiger partial charge in [-0.3, -0.25) is 4.79 Å². The first kappa shape index (κ1) is 20.1. The molecular weight excluding hydrogens is 417 g/mol. The second-order valence-electron chi connectivity index (χ2n) is 10.4. The standard InChI is InChI=1S/C24H27F3N4O/c25-24(26,27)20-9-18(17-4-2-1-3-5-17)28-21-10-19(30-31(20)21)22(32)29-23-11-14-6-15(12-23)8-16(7-14)13-23/h1-5,10,14-16,18,20,28H,6-9,11-13H2,(H,29,32)/t14?,15?,16?,18-,20+,23?/m0/s1. The number of hydrogen-bond acceptors (Lipinski definition) is 3. The van der Waals surface area contributed by atoms with Crippen molar-refractivity contribution >= 4 is 11.7 Å². The maximum atomic E-state index is 13.9. The van der Waals surface area contributed by atoms with Crippen molar-refractivity contribution in [1.29, 1.82) is 0 Å². The smallest absolute Gasteiger partial charge is 0.363 e. The molecule has 4 bridgehead atoms. The first-order valence-electron chi connectivity index (χ1n) is 11.6. The first-order chi connectivity index (χ1) is 15.3. The van der Waals surface area contributed by atoms with Crippen LogP contribution in [0.1, 0.15) is 73.1 Å². The minimum atomic E-state index is -4.45. The molecule has 2 heterocycles. The molecule has 4 saturated carbocycles. The quantitative estimate of drug-likeness (QED) is 0.681. The fourth-order valence-corrected chi connectivity index (χ4v) is 7.16. The summed E-state index contributed by atoms with van der Waals surface area (Å²) in [6.07, 6.45) is 2.10. The van der Waals surface area contributed by atoms with E-state index in [-0.39, 0.29) is 29.4 Å². The van der Waals surface area contributed by atoms with Gasteiger partial charge >= 0.3 is 6.18 Å². The Bertz CT molecular complexity index is 996. The van der Waals surface area contributed by atoms with Crippen LogP contribution in [-0.4, -0.2) is 27.4 Å². The van der Waals surface area contributed by atoms with Gasteiger partial charge in [0.25, 0.3) is 5.91 Å². The molecule has 4 fully saturated rings. The largest absolute Gasteiger partial charge is 0.410 e. The molecule has 1 aromatic heterocycles. The maximum absolute atomic E-state index is 13.9. The number of benzene rings is 1. The van der Waals surface area contributed by atoms with Gasteiger partial charge in [-0.15, -0.1) is 0 Å². The van der Waals surface area contributed by atoms with E-state index in [2.05, 4.69) is 15.7 Å². The lowest BCUT2D eigenvalue weighted by Gasteiger charge is -2.56. The fourth-order valence-electron chi connectivity index (χ4n) is 7.16. The van der Waals surface area contributed by atoms with Gasteiger partial charge in [-0.25, -0.2) is 4.68 Å². The van der Waals surface area contributed by atoms with Gasteiger partial charge in [-0.1, -0.05) is 30.3 Å². The number of carbonyl (C=O) groups is 1. The molecule has 0 saturated heterocycles. The van der Waals surface area contributed by atoms with Crippen molar-refractivity contribution in [3.05, 3.63) is 47.7 Å². The number of carbonyl (C=O) groups excluding carboxylic acids is 1. The third kappa shape index (κ3) is 3.39. The van der Waals surface area contributed by atoms with Crippen molar-refractivity contribution in [2.24, 2.45) is 17.8 Å². The van der Waals surface area contributed by atoms with E-state index in [0.717, 1.165) is 29.5 Å². The molecule has 32 heavy (non-hydrogen) atoms. The molecule has 0 radical (unpaired) electrons. The van der Waals surface area contributed by atoms with Gasteiger partial charge in [0.15, 0.2) is 11.7 Å². The van der Waals surface area contributed by atoms with E-state index in [4.69, 9.17) is 0 Å². The maximum Gasteiger partial charge on any atom is 0.410 e. The van der Waals surface area contributed by atoms with Crippen molar-refractivity contribution in [1.82, 2.24) is 15.1 Å². The van der Waals surface area contributed by atoms with Crippen molar-refractivity contribution < 1.29 is 18.0 Å². The molecule has 7 rings (SSSR count). The number of nitrogens with one attached hydrogen (secondary N) is 2. The topological polar surface area (TPSA) is 59.0 Å². The van der Waals surface area contributed by atoms with Gasteiger partial charge in [0.1, 0.15) is 5.82 Å². The molecule has 2 atom stereocenters. The number of alkyl halides is 3. The predicted octanol–water partition coefficient (Wildman–Crippen LogP) is 5.24. The van der Waals surface area contributed by atoms with Crippen LogP contribution in [0.25, 0.3) is 0 Å². The number of rotatable bonds is 3. The number of halogens is 3. The number of amides is 1. The lowest BCUT2D eigenvalue weighted by atomic mass is 9.53. The van der Waals surface area contributed by atoms with Crippen LogP contribution in [0.15, 0.2) is 36.4 Å². The SMILES string of the molecule is O=C(NC12CC3CC(CC(C3)C1)C2)c1cc2n(n1)[C@@H](C(F)(F)F)C[C@@H](c1ccccc1)N2. The highest BCUT2D eigenvalue weighted by molar-refractivity contribution is 5.93. The fraction of sp³-hybridized carbons (Fsp3) is 0.583. The van der Waals surface area contributed by atoms with E-state index in [1.807, 2.05) is 30.3 Å². The van der Waals surface area contributed by atoms with E-state index in [1.54, 1.807) is 0 Å². The van der Waals surface area contributed by atoms with Gasteiger partial charge in [0, 0.05) is 18.0 Å². The molecule has 0 spiro atoms. The van der Waals surface area contributed by atoms with E-state index in [9.17, 15) is 18.0 Å². The minimum absolute atomic E-state index is 0.0613. The van der Waals surface area contributed by atoms with Crippen LogP contribution in [0.5, 0.6) is 0 Å². The number of hydrogen-bond donors (Lipinski definition) is 2. The van der Waals surface area contributed by atoms with Crippen molar-refractivity contribution in [3.63, 3.8) is 0 Å². The molecule has 1 aromatic carbocycles. The average molecular weight is 445 g/mol. The zero-order valence-corrected chi connectivity index (χ0v) is 17.7. The van der Waals surface area contributed by atoms with Crippen LogP contribution in [0.4, 0.5) is 19.0 Å². The number of fused-ring (bicyclic) bond motifs is 1. The number of anilines is 1. The molecule has 1 aliphatic heterocycles. The molecule has 4 aliphatic carbocycles. The van der Waals surface area contributed by atoms with Crippen molar-refractivity contribution in [2.45, 2.75) is 68.7 Å². The van der Waals surface area contributed by atoms with Crippen molar-refractivity contribution in [3.8, 4) is 0 Å². The predicted molar refractivity (Wildman–Crippen MR) is 113 cm³/mol. The molecule has 2 N–H and O–H groups in total. The van der Waals surface area contributed by atoms with Crippen LogP contribution in [0.2, 0.25) is 0 Å². The molecule has 0 unspecified atom stereocenters. The third-order valence-electron chi connectivity index (χ3n) is 8.04. The lowest BCUT2D eigenvalue weighted by Crippen LogP contribution is -2.59. The Balaban J connectivity index is 1.28. The summed E-state index contributed by atoms with van der Waals surface area (Å²) in [4.78, 5) is 13.2. The van der Waals surface area contributed by atoms with Gasteiger partial charge < -0.3 is 10.6 Å². The summed E-state index contributed by atoms with van der Waals surface area (Å²) < 4.78 is 42.7. The molecule has 1 amide bonds.